The van der Waals surface area contributed by atoms with Gasteiger partial charge in [-0.2, -0.15) is 0 Å². The Balaban J connectivity index is 2.13. The molecule has 14 heavy (non-hydrogen) atoms. The molecule has 0 amide bonds. The quantitative estimate of drug-likeness (QED) is 0.713. The Morgan fingerprint density at radius 2 is 2.00 bits per heavy atom. The zero-order valence-electron chi connectivity index (χ0n) is 10.0. The first-order valence-electron chi connectivity index (χ1n) is 6.33. The number of nitrogens with one attached hydrogen (secondary N) is 1. The highest BCUT2D eigenvalue weighted by molar-refractivity contribution is 5.07. The van der Waals surface area contributed by atoms with E-state index in [4.69, 9.17) is 0 Å². The number of hydrogen-bond acceptors (Lipinski definition) is 1. The van der Waals surface area contributed by atoms with Crippen molar-refractivity contribution in [2.75, 3.05) is 13.1 Å². The molecule has 2 fully saturated rings. The van der Waals surface area contributed by atoms with Crippen LogP contribution in [0.15, 0.2) is 0 Å². The highest BCUT2D eigenvalue weighted by atomic mass is 14.9. The van der Waals surface area contributed by atoms with Gasteiger partial charge in [0.1, 0.15) is 0 Å². The average molecular weight is 195 g/mol. The molecule has 1 heteroatoms. The van der Waals surface area contributed by atoms with Crippen LogP contribution in [0, 0.1) is 16.7 Å². The van der Waals surface area contributed by atoms with Gasteiger partial charge in [0, 0.05) is 0 Å². The SMILES string of the molecule is CCCC1CNCCC12CCC2(C)C. The maximum absolute atomic E-state index is 3.58. The molecule has 2 unspecified atom stereocenters. The van der Waals surface area contributed by atoms with Crippen molar-refractivity contribution >= 4 is 0 Å². The van der Waals surface area contributed by atoms with E-state index in [1.54, 1.807) is 0 Å². The van der Waals surface area contributed by atoms with Crippen molar-refractivity contribution in [2.24, 2.45) is 16.7 Å². The van der Waals surface area contributed by atoms with Gasteiger partial charge in [0.05, 0.1) is 0 Å². The van der Waals surface area contributed by atoms with Gasteiger partial charge in [-0.3, -0.25) is 0 Å². The van der Waals surface area contributed by atoms with Crippen molar-refractivity contribution in [1.82, 2.24) is 5.32 Å². The van der Waals surface area contributed by atoms with Crippen LogP contribution in [0.25, 0.3) is 0 Å². The fourth-order valence-electron chi connectivity index (χ4n) is 3.88. The molecule has 0 aromatic rings. The molecular formula is C13H25N. The van der Waals surface area contributed by atoms with Gasteiger partial charge in [0.15, 0.2) is 0 Å². The number of hydrogen-bond donors (Lipinski definition) is 1. The molecule has 1 saturated heterocycles. The topological polar surface area (TPSA) is 12.0 Å². The third-order valence-electron chi connectivity index (χ3n) is 5.10. The fourth-order valence-corrected chi connectivity index (χ4v) is 3.88. The molecule has 1 aliphatic heterocycles. The minimum Gasteiger partial charge on any atom is -0.316 e. The lowest BCUT2D eigenvalue weighted by atomic mass is 9.44. The van der Waals surface area contributed by atoms with Gasteiger partial charge in [-0.05, 0) is 55.5 Å². The van der Waals surface area contributed by atoms with Gasteiger partial charge in [0.25, 0.3) is 0 Å². The summed E-state index contributed by atoms with van der Waals surface area (Å²) < 4.78 is 0. The Hall–Kier alpha value is -0.0400. The van der Waals surface area contributed by atoms with E-state index in [1.165, 1.54) is 45.2 Å². The largest absolute Gasteiger partial charge is 0.316 e. The van der Waals surface area contributed by atoms with E-state index < -0.39 is 0 Å². The second-order valence-corrected chi connectivity index (χ2v) is 5.98. The first-order chi connectivity index (χ1) is 6.62. The van der Waals surface area contributed by atoms with Crippen LogP contribution in [-0.2, 0) is 0 Å². The average Bonchev–Trinajstić information content (AvgIpc) is 2.18. The maximum Gasteiger partial charge on any atom is -0.00150 e. The minimum absolute atomic E-state index is 0.620. The maximum atomic E-state index is 3.58. The Bertz CT molecular complexity index is 207. The standard InChI is InChI=1S/C13H25N/c1-4-5-11-10-14-9-8-13(11)7-6-12(13,2)3/h11,14H,4-10H2,1-3H3. The van der Waals surface area contributed by atoms with Gasteiger partial charge < -0.3 is 5.32 Å². The van der Waals surface area contributed by atoms with Gasteiger partial charge in [-0.1, -0.05) is 27.2 Å². The van der Waals surface area contributed by atoms with Crippen LogP contribution >= 0.6 is 0 Å². The predicted octanol–water partition coefficient (Wildman–Crippen LogP) is 3.20. The van der Waals surface area contributed by atoms with E-state index in [9.17, 15) is 0 Å². The Kier molecular flexibility index (Phi) is 2.63. The van der Waals surface area contributed by atoms with Crippen molar-refractivity contribution in [3.63, 3.8) is 0 Å². The second kappa shape index (κ2) is 3.52. The molecule has 0 bridgehead atoms. The summed E-state index contributed by atoms with van der Waals surface area (Å²) in [5.74, 6) is 0.949. The molecule has 2 aliphatic rings. The van der Waals surface area contributed by atoms with Gasteiger partial charge >= 0.3 is 0 Å². The molecule has 1 spiro atoms. The highest BCUT2D eigenvalue weighted by Gasteiger charge is 2.56. The summed E-state index contributed by atoms with van der Waals surface area (Å²) in [7, 11) is 0. The zero-order chi connectivity index (χ0) is 10.2. The fraction of sp³-hybridized carbons (Fsp3) is 1.00. The van der Waals surface area contributed by atoms with E-state index in [1.807, 2.05) is 0 Å². The van der Waals surface area contributed by atoms with E-state index in [2.05, 4.69) is 26.1 Å². The van der Waals surface area contributed by atoms with E-state index in [-0.39, 0.29) is 0 Å². The Morgan fingerprint density at radius 3 is 2.50 bits per heavy atom. The second-order valence-electron chi connectivity index (χ2n) is 5.98. The Labute approximate surface area is 88.7 Å². The van der Waals surface area contributed by atoms with Crippen LogP contribution in [0.4, 0.5) is 0 Å². The molecule has 2 rings (SSSR count). The molecule has 0 radical (unpaired) electrons. The summed E-state index contributed by atoms with van der Waals surface area (Å²) in [6, 6.07) is 0. The summed E-state index contributed by atoms with van der Waals surface area (Å²) in [4.78, 5) is 0. The number of rotatable bonds is 2. The molecule has 1 aliphatic carbocycles. The lowest BCUT2D eigenvalue weighted by Crippen LogP contribution is -2.58. The van der Waals surface area contributed by atoms with Crippen LogP contribution in [0.3, 0.4) is 0 Å². The molecule has 0 aromatic carbocycles. The lowest BCUT2D eigenvalue weighted by Gasteiger charge is -2.62. The van der Waals surface area contributed by atoms with E-state index in [0.717, 1.165) is 5.92 Å². The van der Waals surface area contributed by atoms with Crippen molar-refractivity contribution < 1.29 is 0 Å². The summed E-state index contributed by atoms with van der Waals surface area (Å²) in [6.07, 6.45) is 7.14. The van der Waals surface area contributed by atoms with Crippen molar-refractivity contribution in [2.45, 2.75) is 52.9 Å². The molecule has 1 heterocycles. The van der Waals surface area contributed by atoms with Gasteiger partial charge in [-0.25, -0.2) is 0 Å². The summed E-state index contributed by atoms with van der Waals surface area (Å²) in [5, 5.41) is 3.58. The van der Waals surface area contributed by atoms with Crippen molar-refractivity contribution in [1.29, 1.82) is 0 Å². The highest BCUT2D eigenvalue weighted by Crippen LogP contribution is 2.63. The van der Waals surface area contributed by atoms with E-state index >= 15 is 0 Å². The van der Waals surface area contributed by atoms with Crippen molar-refractivity contribution in [3.05, 3.63) is 0 Å². The van der Waals surface area contributed by atoms with Crippen LogP contribution in [-0.4, -0.2) is 13.1 Å². The van der Waals surface area contributed by atoms with E-state index in [0.29, 0.717) is 10.8 Å². The minimum atomic E-state index is 0.620. The molecule has 1 saturated carbocycles. The van der Waals surface area contributed by atoms with Crippen LogP contribution in [0.2, 0.25) is 0 Å². The third kappa shape index (κ3) is 1.32. The molecule has 2 atom stereocenters. The van der Waals surface area contributed by atoms with Gasteiger partial charge in [-0.15, -0.1) is 0 Å². The first-order valence-corrected chi connectivity index (χ1v) is 6.33. The van der Waals surface area contributed by atoms with Crippen LogP contribution < -0.4 is 5.32 Å². The monoisotopic (exact) mass is 195 g/mol. The van der Waals surface area contributed by atoms with Crippen molar-refractivity contribution in [3.8, 4) is 0 Å². The number of piperidine rings is 1. The smallest absolute Gasteiger partial charge is 0.00150 e. The lowest BCUT2D eigenvalue weighted by molar-refractivity contribution is -0.121. The molecule has 0 aromatic heterocycles. The van der Waals surface area contributed by atoms with Crippen LogP contribution in [0.1, 0.15) is 52.9 Å². The van der Waals surface area contributed by atoms with Crippen LogP contribution in [0.5, 0.6) is 0 Å². The zero-order valence-corrected chi connectivity index (χ0v) is 10.0. The van der Waals surface area contributed by atoms with Gasteiger partial charge in [0.2, 0.25) is 0 Å². The summed E-state index contributed by atoms with van der Waals surface area (Å²) in [5.41, 5.74) is 1.32. The third-order valence-corrected chi connectivity index (χ3v) is 5.10. The molecule has 1 N–H and O–H groups in total. The normalized spacial score (nSPS) is 40.9. The molecule has 82 valence electrons. The summed E-state index contributed by atoms with van der Waals surface area (Å²) in [6.45, 7) is 9.84. The Morgan fingerprint density at radius 1 is 1.21 bits per heavy atom. The first kappa shape index (κ1) is 10.5. The molecule has 1 nitrogen and oxygen atoms in total. The predicted molar refractivity (Wildman–Crippen MR) is 61.3 cm³/mol. The molecular weight excluding hydrogens is 170 g/mol. The summed E-state index contributed by atoms with van der Waals surface area (Å²) >= 11 is 0.